The molecule has 0 bridgehead atoms. The lowest BCUT2D eigenvalue weighted by atomic mass is 10.1. The zero-order valence-electron chi connectivity index (χ0n) is 7.63. The van der Waals surface area contributed by atoms with E-state index in [1.54, 1.807) is 0 Å². The monoisotopic (exact) mass is 260 g/mol. The van der Waals surface area contributed by atoms with Gasteiger partial charge >= 0.3 is 12.0 Å². The minimum Gasteiger partial charge on any atom is -0.358 e. The summed E-state index contributed by atoms with van der Waals surface area (Å²) in [6, 6.07) is 0. The first-order valence-corrected chi connectivity index (χ1v) is 3.84. The van der Waals surface area contributed by atoms with Gasteiger partial charge in [-0.3, -0.25) is 0 Å². The Balaban J connectivity index is 3.60. The molecular weight excluding hydrogens is 258 g/mol. The molecule has 0 amide bonds. The molecule has 4 nitrogen and oxygen atoms in total. The summed E-state index contributed by atoms with van der Waals surface area (Å²) in [7, 11) is 0. The molecule has 94 valence electrons. The topological polar surface area (TPSA) is 56.0 Å². The summed E-state index contributed by atoms with van der Waals surface area (Å²) >= 11 is 0. The Morgan fingerprint density at radius 1 is 1.35 bits per heavy atom. The smallest absolute Gasteiger partial charge is 0.358 e. The van der Waals surface area contributed by atoms with Crippen molar-refractivity contribution in [2.45, 2.75) is 12.6 Å². The molecule has 0 saturated heterocycles. The van der Waals surface area contributed by atoms with Crippen LogP contribution in [0.3, 0.4) is 0 Å². The molecule has 0 aliphatic carbocycles. The molecule has 0 aliphatic heterocycles. The van der Waals surface area contributed by atoms with Crippen molar-refractivity contribution in [1.82, 2.24) is 4.98 Å². The molecule has 1 heterocycles. The first kappa shape index (κ1) is 13.2. The fraction of sp³-hybridized carbons (Fsp3) is 0.286. The number of nitro groups is 1. The second-order valence-electron chi connectivity index (χ2n) is 2.78. The Morgan fingerprint density at radius 2 is 1.88 bits per heavy atom. The number of nitrogens with zero attached hydrogens (tertiary/aromatic N) is 2. The Kier molecular flexibility index (Phi) is 3.25. The van der Waals surface area contributed by atoms with Crippen LogP contribution in [-0.4, -0.2) is 9.91 Å². The van der Waals surface area contributed by atoms with Crippen molar-refractivity contribution in [3.05, 3.63) is 33.3 Å². The van der Waals surface area contributed by atoms with E-state index in [1.807, 2.05) is 0 Å². The van der Waals surface area contributed by atoms with E-state index in [0.29, 0.717) is 0 Å². The predicted octanol–water partition coefficient (Wildman–Crippen LogP) is 3.09. The summed E-state index contributed by atoms with van der Waals surface area (Å²) in [4.78, 5) is 11.2. The van der Waals surface area contributed by atoms with Gasteiger partial charge in [-0.25, -0.2) is 13.2 Å². The lowest BCUT2D eigenvalue weighted by molar-refractivity contribution is -0.393. The van der Waals surface area contributed by atoms with Gasteiger partial charge in [0.05, 0.1) is 5.56 Å². The van der Waals surface area contributed by atoms with Crippen LogP contribution in [0.5, 0.6) is 0 Å². The normalized spacial score (nSPS) is 11.9. The summed E-state index contributed by atoms with van der Waals surface area (Å²) in [6.07, 6.45) is -9.03. The van der Waals surface area contributed by atoms with Crippen molar-refractivity contribution in [2.75, 3.05) is 0 Å². The van der Waals surface area contributed by atoms with E-state index in [-0.39, 0.29) is 6.20 Å². The summed E-state index contributed by atoms with van der Waals surface area (Å²) < 4.78 is 74.2. The molecule has 0 fully saturated rings. The highest BCUT2D eigenvalue weighted by atomic mass is 19.4. The van der Waals surface area contributed by atoms with Crippen LogP contribution in [0.15, 0.2) is 6.20 Å². The van der Waals surface area contributed by atoms with E-state index in [2.05, 4.69) is 4.98 Å². The van der Waals surface area contributed by atoms with E-state index >= 15 is 0 Å². The second-order valence-corrected chi connectivity index (χ2v) is 2.78. The van der Waals surface area contributed by atoms with Gasteiger partial charge in [0, 0.05) is 0 Å². The molecule has 0 unspecified atom stereocenters. The molecule has 0 aromatic carbocycles. The zero-order valence-corrected chi connectivity index (χ0v) is 7.63. The van der Waals surface area contributed by atoms with Gasteiger partial charge in [0.15, 0.2) is 17.6 Å². The van der Waals surface area contributed by atoms with Gasteiger partial charge in [0.1, 0.15) is 0 Å². The summed E-state index contributed by atoms with van der Waals surface area (Å²) in [6.45, 7) is 0. The number of halogens is 6. The summed E-state index contributed by atoms with van der Waals surface area (Å²) in [5, 5.41) is 10.2. The van der Waals surface area contributed by atoms with Crippen LogP contribution in [-0.2, 0) is 6.18 Å². The lowest BCUT2D eigenvalue weighted by Crippen LogP contribution is -2.15. The number of alkyl halides is 5. The molecule has 0 saturated carbocycles. The minimum absolute atomic E-state index is 0.00731. The molecule has 1 rings (SSSR count). The van der Waals surface area contributed by atoms with Gasteiger partial charge in [-0.05, 0) is 9.91 Å². The van der Waals surface area contributed by atoms with E-state index in [9.17, 15) is 36.5 Å². The van der Waals surface area contributed by atoms with Gasteiger partial charge in [-0.1, -0.05) is 0 Å². The van der Waals surface area contributed by atoms with Crippen molar-refractivity contribution in [2.24, 2.45) is 0 Å². The van der Waals surface area contributed by atoms with Crippen LogP contribution < -0.4 is 0 Å². The first-order valence-electron chi connectivity index (χ1n) is 3.84. The third-order valence-corrected chi connectivity index (χ3v) is 1.71. The molecule has 0 radical (unpaired) electrons. The van der Waals surface area contributed by atoms with Crippen LogP contribution in [0.25, 0.3) is 0 Å². The van der Waals surface area contributed by atoms with E-state index < -0.39 is 40.3 Å². The number of pyridine rings is 1. The molecule has 0 spiro atoms. The SMILES string of the molecule is O=[N+]([O-])c1ncc(C(F)F)c(F)c1C(F)(F)F. The average Bonchev–Trinajstić information content (AvgIpc) is 2.14. The van der Waals surface area contributed by atoms with Crippen molar-refractivity contribution >= 4 is 5.82 Å². The highest BCUT2D eigenvalue weighted by Crippen LogP contribution is 2.39. The summed E-state index contributed by atoms with van der Waals surface area (Å²) in [5.41, 5.74) is -4.04. The summed E-state index contributed by atoms with van der Waals surface area (Å²) in [5.74, 6) is -4.23. The van der Waals surface area contributed by atoms with Crippen LogP contribution >= 0.6 is 0 Å². The zero-order chi connectivity index (χ0) is 13.4. The maximum Gasteiger partial charge on any atom is 0.427 e. The van der Waals surface area contributed by atoms with Crippen LogP contribution in [0.4, 0.5) is 32.2 Å². The molecular formula is C7H2F6N2O2. The van der Waals surface area contributed by atoms with Crippen LogP contribution in [0.1, 0.15) is 17.6 Å². The first-order chi connectivity index (χ1) is 7.66. The average molecular weight is 260 g/mol. The molecule has 1 aromatic heterocycles. The number of hydrogen-bond donors (Lipinski definition) is 0. The highest BCUT2D eigenvalue weighted by Gasteiger charge is 2.45. The fourth-order valence-corrected chi connectivity index (χ4v) is 1.04. The number of rotatable bonds is 2. The van der Waals surface area contributed by atoms with Gasteiger partial charge in [-0.15, -0.1) is 0 Å². The Bertz CT molecular complexity index is 458. The molecule has 0 aliphatic rings. The van der Waals surface area contributed by atoms with Crippen molar-refractivity contribution in [3.63, 3.8) is 0 Å². The highest BCUT2D eigenvalue weighted by molar-refractivity contribution is 5.39. The Hall–Kier alpha value is -1.87. The van der Waals surface area contributed by atoms with Crippen molar-refractivity contribution in [1.29, 1.82) is 0 Å². The van der Waals surface area contributed by atoms with Gasteiger partial charge in [0.25, 0.3) is 6.43 Å². The standard InChI is InChI=1S/C7H2F6N2O2/c8-4-2(5(9)10)1-14-6(15(16)17)3(4)7(11,12)13/h1,5H. The largest absolute Gasteiger partial charge is 0.427 e. The van der Waals surface area contributed by atoms with Crippen LogP contribution in [0, 0.1) is 15.9 Å². The van der Waals surface area contributed by atoms with E-state index in [4.69, 9.17) is 0 Å². The minimum atomic E-state index is -5.48. The third-order valence-electron chi connectivity index (χ3n) is 1.71. The van der Waals surface area contributed by atoms with Gasteiger partial charge in [0.2, 0.25) is 0 Å². The Labute approximate surface area is 89.0 Å². The predicted molar refractivity (Wildman–Crippen MR) is 40.8 cm³/mol. The fourth-order valence-electron chi connectivity index (χ4n) is 1.04. The molecule has 17 heavy (non-hydrogen) atoms. The van der Waals surface area contributed by atoms with E-state index in [1.165, 1.54) is 0 Å². The number of aromatic nitrogens is 1. The quantitative estimate of drug-likeness (QED) is 0.466. The second kappa shape index (κ2) is 4.18. The van der Waals surface area contributed by atoms with E-state index in [0.717, 1.165) is 0 Å². The van der Waals surface area contributed by atoms with Crippen molar-refractivity contribution in [3.8, 4) is 0 Å². The lowest BCUT2D eigenvalue weighted by Gasteiger charge is -2.09. The molecule has 10 heteroatoms. The maximum absolute atomic E-state index is 13.1. The molecule has 0 N–H and O–H groups in total. The molecule has 1 aromatic rings. The third kappa shape index (κ3) is 2.45. The maximum atomic E-state index is 13.1. The van der Waals surface area contributed by atoms with Crippen molar-refractivity contribution < 1.29 is 31.3 Å². The van der Waals surface area contributed by atoms with Crippen LogP contribution in [0.2, 0.25) is 0 Å². The van der Waals surface area contributed by atoms with Gasteiger partial charge < -0.3 is 10.1 Å². The Morgan fingerprint density at radius 3 is 2.24 bits per heavy atom. The molecule has 0 atom stereocenters. The number of hydrogen-bond acceptors (Lipinski definition) is 3. The van der Waals surface area contributed by atoms with Gasteiger partial charge in [-0.2, -0.15) is 13.2 Å².